The van der Waals surface area contributed by atoms with Crippen LogP contribution in [-0.4, -0.2) is 39.0 Å². The van der Waals surface area contributed by atoms with Gasteiger partial charge in [0.2, 0.25) is 5.91 Å². The zero-order chi connectivity index (χ0) is 24.4. The molecule has 0 saturated heterocycles. The summed E-state index contributed by atoms with van der Waals surface area (Å²) in [6.07, 6.45) is 1.07. The van der Waals surface area contributed by atoms with E-state index in [1.165, 1.54) is 11.8 Å². The molecule has 3 aromatic rings. The first-order valence-corrected chi connectivity index (χ1v) is 12.7. The van der Waals surface area contributed by atoms with E-state index in [4.69, 9.17) is 21.6 Å². The van der Waals surface area contributed by atoms with Gasteiger partial charge in [-0.2, -0.15) is 0 Å². The second-order valence-corrected chi connectivity index (χ2v) is 9.86. The number of carbonyl (C=O) groups excluding carboxylic acids is 2. The molecule has 35 heavy (non-hydrogen) atoms. The SMILES string of the molecule is CC[C@@H](SC1=Nc2ccccc2C2=N[C@H](Cc3ccccc3)C(=O)N12)C(=O)Nc1ccc(Cl)cc1. The number of amides is 2. The summed E-state index contributed by atoms with van der Waals surface area (Å²) >= 11 is 7.24. The van der Waals surface area contributed by atoms with Gasteiger partial charge in [0, 0.05) is 22.7 Å². The number of nitrogens with one attached hydrogen (secondary N) is 1. The summed E-state index contributed by atoms with van der Waals surface area (Å²) in [4.78, 5) is 37.8. The number of halogens is 1. The molecule has 6 nitrogen and oxygen atoms in total. The molecule has 0 bridgehead atoms. The number of benzene rings is 3. The zero-order valence-corrected chi connectivity index (χ0v) is 20.6. The number of amidine groups is 2. The number of rotatable bonds is 6. The lowest BCUT2D eigenvalue weighted by atomic mass is 10.1. The number of fused-ring (bicyclic) bond motifs is 3. The molecule has 0 aromatic heterocycles. The number of aliphatic imine (C=N–C) groups is 2. The Kier molecular flexibility index (Phi) is 6.70. The Morgan fingerprint density at radius 3 is 2.51 bits per heavy atom. The van der Waals surface area contributed by atoms with Gasteiger partial charge in [-0.15, -0.1) is 0 Å². The molecule has 176 valence electrons. The molecule has 1 N–H and O–H groups in total. The van der Waals surface area contributed by atoms with Gasteiger partial charge >= 0.3 is 0 Å². The number of anilines is 1. The van der Waals surface area contributed by atoms with E-state index in [0.29, 0.717) is 34.6 Å². The first-order valence-electron chi connectivity index (χ1n) is 11.4. The lowest BCUT2D eigenvalue weighted by Gasteiger charge is -2.27. The molecule has 2 atom stereocenters. The van der Waals surface area contributed by atoms with Crippen LogP contribution < -0.4 is 5.32 Å². The van der Waals surface area contributed by atoms with Crippen LogP contribution in [0.25, 0.3) is 0 Å². The maximum Gasteiger partial charge on any atom is 0.259 e. The van der Waals surface area contributed by atoms with E-state index < -0.39 is 11.3 Å². The minimum Gasteiger partial charge on any atom is -0.325 e. The topological polar surface area (TPSA) is 74.1 Å². The average molecular weight is 503 g/mol. The molecule has 0 saturated carbocycles. The fourth-order valence-electron chi connectivity index (χ4n) is 4.06. The van der Waals surface area contributed by atoms with Gasteiger partial charge in [-0.25, -0.2) is 9.89 Å². The maximum absolute atomic E-state index is 13.5. The largest absolute Gasteiger partial charge is 0.325 e. The van der Waals surface area contributed by atoms with Crippen molar-refractivity contribution in [2.45, 2.75) is 31.1 Å². The van der Waals surface area contributed by atoms with Crippen LogP contribution >= 0.6 is 23.4 Å². The van der Waals surface area contributed by atoms with Crippen LogP contribution in [0.1, 0.15) is 24.5 Å². The fraction of sp³-hybridized carbons (Fsp3) is 0.185. The van der Waals surface area contributed by atoms with E-state index >= 15 is 0 Å². The second kappa shape index (κ2) is 10.1. The molecule has 2 aliphatic rings. The first-order chi connectivity index (χ1) is 17.0. The summed E-state index contributed by atoms with van der Waals surface area (Å²) in [7, 11) is 0. The molecule has 0 radical (unpaired) electrons. The molecule has 8 heteroatoms. The van der Waals surface area contributed by atoms with Gasteiger partial charge in [0.15, 0.2) is 5.17 Å². The van der Waals surface area contributed by atoms with E-state index in [-0.39, 0.29) is 11.8 Å². The van der Waals surface area contributed by atoms with Gasteiger partial charge in [-0.1, -0.05) is 72.8 Å². The molecular weight excluding hydrogens is 480 g/mol. The highest BCUT2D eigenvalue weighted by Gasteiger charge is 2.42. The van der Waals surface area contributed by atoms with E-state index in [1.807, 2.05) is 61.5 Å². The highest BCUT2D eigenvalue weighted by atomic mass is 35.5. The normalized spacial score (nSPS) is 17.3. The molecule has 5 rings (SSSR count). The number of para-hydroxylation sites is 1. The monoisotopic (exact) mass is 502 g/mol. The van der Waals surface area contributed by atoms with Gasteiger partial charge in [-0.05, 0) is 48.4 Å². The highest BCUT2D eigenvalue weighted by molar-refractivity contribution is 8.15. The molecule has 0 unspecified atom stereocenters. The predicted octanol–water partition coefficient (Wildman–Crippen LogP) is 5.69. The molecule has 0 fully saturated rings. The van der Waals surface area contributed by atoms with E-state index in [1.54, 1.807) is 29.2 Å². The molecule has 2 amide bonds. The van der Waals surface area contributed by atoms with Crippen LogP contribution in [0.4, 0.5) is 11.4 Å². The van der Waals surface area contributed by atoms with Crippen molar-refractivity contribution in [2.24, 2.45) is 9.98 Å². The Hall–Kier alpha value is -3.42. The fourth-order valence-corrected chi connectivity index (χ4v) is 5.20. The van der Waals surface area contributed by atoms with Crippen LogP contribution in [0.3, 0.4) is 0 Å². The Morgan fingerprint density at radius 2 is 1.77 bits per heavy atom. The van der Waals surface area contributed by atoms with Crippen molar-refractivity contribution in [2.75, 3.05) is 5.32 Å². The van der Waals surface area contributed by atoms with Crippen LogP contribution in [0.15, 0.2) is 88.8 Å². The molecule has 2 heterocycles. The van der Waals surface area contributed by atoms with Crippen molar-refractivity contribution in [1.29, 1.82) is 0 Å². The number of thioether (sulfide) groups is 1. The summed E-state index contributed by atoms with van der Waals surface area (Å²) in [6.45, 7) is 1.94. The van der Waals surface area contributed by atoms with Gasteiger partial charge in [-0.3, -0.25) is 14.6 Å². The molecule has 0 aliphatic carbocycles. The van der Waals surface area contributed by atoms with Crippen molar-refractivity contribution in [1.82, 2.24) is 4.90 Å². The number of hydrogen-bond acceptors (Lipinski definition) is 5. The second-order valence-electron chi connectivity index (χ2n) is 8.25. The Morgan fingerprint density at radius 1 is 1.06 bits per heavy atom. The summed E-state index contributed by atoms with van der Waals surface area (Å²) in [5.41, 5.74) is 3.27. The molecule has 0 spiro atoms. The van der Waals surface area contributed by atoms with Crippen LogP contribution in [0.5, 0.6) is 0 Å². The summed E-state index contributed by atoms with van der Waals surface area (Å²) in [6, 6.07) is 23.9. The highest BCUT2D eigenvalue weighted by Crippen LogP contribution is 2.36. The van der Waals surface area contributed by atoms with Gasteiger partial charge in [0.25, 0.3) is 5.91 Å². The number of carbonyl (C=O) groups is 2. The molecular formula is C27H23ClN4O2S. The van der Waals surface area contributed by atoms with Gasteiger partial charge in [0.1, 0.15) is 11.9 Å². The Bertz CT molecular complexity index is 1320. The van der Waals surface area contributed by atoms with Gasteiger partial charge < -0.3 is 5.32 Å². The van der Waals surface area contributed by atoms with Crippen molar-refractivity contribution in [3.8, 4) is 0 Å². The third kappa shape index (κ3) is 4.88. The van der Waals surface area contributed by atoms with Crippen molar-refractivity contribution in [3.05, 3.63) is 95.0 Å². The standard InChI is InChI=1S/C27H23ClN4O2S/c1-2-23(25(33)29-19-14-12-18(28)13-15-19)35-27-31-21-11-7-6-10-20(21)24-30-22(26(34)32(24)27)16-17-8-4-3-5-9-17/h3-15,22-23H,2,16H2,1H3,(H,29,33)/t22-,23-/m1/s1. The predicted molar refractivity (Wildman–Crippen MR) is 143 cm³/mol. The minimum absolute atomic E-state index is 0.127. The zero-order valence-electron chi connectivity index (χ0n) is 19.0. The lowest BCUT2D eigenvalue weighted by Crippen LogP contribution is -2.42. The summed E-state index contributed by atoms with van der Waals surface area (Å²) in [5.74, 6) is 0.307. The van der Waals surface area contributed by atoms with Crippen LogP contribution in [0, 0.1) is 0 Å². The number of nitrogens with zero attached hydrogens (tertiary/aromatic N) is 3. The van der Waals surface area contributed by atoms with Crippen molar-refractivity contribution < 1.29 is 9.59 Å². The Labute approximate surface area is 213 Å². The van der Waals surface area contributed by atoms with Crippen LogP contribution in [0.2, 0.25) is 5.02 Å². The average Bonchev–Trinajstić information content (AvgIpc) is 3.20. The van der Waals surface area contributed by atoms with Crippen LogP contribution in [-0.2, 0) is 16.0 Å². The summed E-state index contributed by atoms with van der Waals surface area (Å²) in [5, 5.41) is 3.56. The third-order valence-electron chi connectivity index (χ3n) is 5.84. The minimum atomic E-state index is -0.535. The van der Waals surface area contributed by atoms with Crippen molar-refractivity contribution >= 4 is 57.6 Å². The first kappa shape index (κ1) is 23.3. The third-order valence-corrected chi connectivity index (χ3v) is 7.41. The van der Waals surface area contributed by atoms with Gasteiger partial charge in [0.05, 0.1) is 10.9 Å². The van der Waals surface area contributed by atoms with E-state index in [9.17, 15) is 9.59 Å². The van der Waals surface area contributed by atoms with E-state index in [0.717, 1.165) is 16.8 Å². The molecule has 2 aliphatic heterocycles. The maximum atomic E-state index is 13.5. The lowest BCUT2D eigenvalue weighted by molar-refractivity contribution is -0.124. The molecule has 3 aromatic carbocycles. The number of hydrogen-bond donors (Lipinski definition) is 1. The quantitative estimate of drug-likeness (QED) is 0.470. The van der Waals surface area contributed by atoms with Crippen molar-refractivity contribution in [3.63, 3.8) is 0 Å². The van der Waals surface area contributed by atoms with E-state index in [2.05, 4.69) is 5.32 Å². The smallest absolute Gasteiger partial charge is 0.259 e. The Balaban J connectivity index is 1.42. The summed E-state index contributed by atoms with van der Waals surface area (Å²) < 4.78 is 0.